The molecule has 1 aromatic carbocycles. The Kier molecular flexibility index (Phi) is 6.02. The molecule has 1 heterocycles. The smallest absolute Gasteiger partial charge is 0.0669 e. The normalized spacial score (nSPS) is 19.3. The summed E-state index contributed by atoms with van der Waals surface area (Å²) in [7, 11) is 0. The molecule has 0 spiro atoms. The molecule has 1 atom stereocenters. The van der Waals surface area contributed by atoms with Crippen molar-refractivity contribution in [3.05, 3.63) is 28.8 Å². The van der Waals surface area contributed by atoms with Crippen molar-refractivity contribution in [1.82, 2.24) is 5.32 Å². The number of ether oxygens (including phenoxy) is 1. The monoisotopic (exact) mass is 299 g/mol. The van der Waals surface area contributed by atoms with Gasteiger partial charge in [-0.2, -0.15) is 0 Å². The van der Waals surface area contributed by atoms with Gasteiger partial charge in [-0.25, -0.2) is 0 Å². The largest absolute Gasteiger partial charge is 0.377 e. The number of halogens is 1. The summed E-state index contributed by atoms with van der Waals surface area (Å²) >= 11 is 7.98. The molecule has 0 saturated carbocycles. The Morgan fingerprint density at radius 3 is 3.00 bits per heavy atom. The van der Waals surface area contributed by atoms with Crippen molar-refractivity contribution in [2.24, 2.45) is 0 Å². The van der Waals surface area contributed by atoms with Gasteiger partial charge in [-0.1, -0.05) is 25.4 Å². The lowest BCUT2D eigenvalue weighted by molar-refractivity contribution is 0.129. The SMILES string of the molecule is CC(C)NCc1cc(Cl)ccc1SCC1CCCO1. The van der Waals surface area contributed by atoms with Gasteiger partial charge in [-0.05, 0) is 36.6 Å². The maximum atomic E-state index is 6.10. The van der Waals surface area contributed by atoms with Gasteiger partial charge < -0.3 is 10.1 Å². The highest BCUT2D eigenvalue weighted by molar-refractivity contribution is 7.99. The highest BCUT2D eigenvalue weighted by Crippen LogP contribution is 2.28. The molecule has 0 aromatic heterocycles. The minimum Gasteiger partial charge on any atom is -0.377 e. The van der Waals surface area contributed by atoms with Gasteiger partial charge in [0.2, 0.25) is 0 Å². The van der Waals surface area contributed by atoms with Crippen LogP contribution in [-0.2, 0) is 11.3 Å². The summed E-state index contributed by atoms with van der Waals surface area (Å²) in [4.78, 5) is 1.31. The van der Waals surface area contributed by atoms with Crippen molar-refractivity contribution in [2.75, 3.05) is 12.4 Å². The number of benzene rings is 1. The van der Waals surface area contributed by atoms with Gasteiger partial charge in [0.05, 0.1) is 6.10 Å². The lowest BCUT2D eigenvalue weighted by Gasteiger charge is -2.14. The van der Waals surface area contributed by atoms with Crippen LogP contribution < -0.4 is 5.32 Å². The molecule has 1 fully saturated rings. The Morgan fingerprint density at radius 2 is 2.32 bits per heavy atom. The molecular formula is C15H22ClNOS. The molecule has 0 aliphatic carbocycles. The van der Waals surface area contributed by atoms with Gasteiger partial charge in [0.25, 0.3) is 0 Å². The number of hydrogen-bond donors (Lipinski definition) is 1. The fourth-order valence-corrected chi connectivity index (χ4v) is 3.40. The molecular weight excluding hydrogens is 278 g/mol. The van der Waals surface area contributed by atoms with Crippen molar-refractivity contribution in [3.63, 3.8) is 0 Å². The first-order valence-corrected chi connectivity index (χ1v) is 8.27. The van der Waals surface area contributed by atoms with Crippen LogP contribution in [0.4, 0.5) is 0 Å². The third kappa shape index (κ3) is 4.99. The van der Waals surface area contributed by atoms with E-state index in [0.717, 1.165) is 23.9 Å². The topological polar surface area (TPSA) is 21.3 Å². The molecule has 2 rings (SSSR count). The lowest BCUT2D eigenvalue weighted by Crippen LogP contribution is -2.22. The van der Waals surface area contributed by atoms with Crippen LogP contribution in [-0.4, -0.2) is 24.5 Å². The average Bonchev–Trinajstić information content (AvgIpc) is 2.88. The zero-order valence-electron chi connectivity index (χ0n) is 11.6. The zero-order chi connectivity index (χ0) is 13.7. The molecule has 0 amide bonds. The second-order valence-electron chi connectivity index (χ2n) is 5.23. The Morgan fingerprint density at radius 1 is 1.47 bits per heavy atom. The summed E-state index contributed by atoms with van der Waals surface area (Å²) in [5.41, 5.74) is 1.28. The maximum absolute atomic E-state index is 6.10. The molecule has 4 heteroatoms. The van der Waals surface area contributed by atoms with E-state index in [1.165, 1.54) is 23.3 Å². The summed E-state index contributed by atoms with van der Waals surface area (Å²) in [6.07, 6.45) is 2.82. The van der Waals surface area contributed by atoms with Gasteiger partial charge in [-0.3, -0.25) is 0 Å². The van der Waals surface area contributed by atoms with Crippen LogP contribution in [0.25, 0.3) is 0 Å². The van der Waals surface area contributed by atoms with Crippen LogP contribution in [0.3, 0.4) is 0 Å². The summed E-state index contributed by atoms with van der Waals surface area (Å²) < 4.78 is 5.67. The van der Waals surface area contributed by atoms with Crippen molar-refractivity contribution in [1.29, 1.82) is 0 Å². The van der Waals surface area contributed by atoms with Gasteiger partial charge in [0.15, 0.2) is 0 Å². The highest BCUT2D eigenvalue weighted by Gasteiger charge is 2.16. The van der Waals surface area contributed by atoms with Gasteiger partial charge >= 0.3 is 0 Å². The Balaban J connectivity index is 1.96. The van der Waals surface area contributed by atoms with Crippen molar-refractivity contribution in [3.8, 4) is 0 Å². The summed E-state index contributed by atoms with van der Waals surface area (Å²) in [6.45, 7) is 6.10. The molecule has 1 unspecified atom stereocenters. The lowest BCUT2D eigenvalue weighted by atomic mass is 10.2. The van der Waals surface area contributed by atoms with Crippen molar-refractivity contribution in [2.45, 2.75) is 50.3 Å². The first kappa shape index (κ1) is 15.2. The first-order valence-electron chi connectivity index (χ1n) is 6.91. The molecule has 1 aliphatic heterocycles. The maximum Gasteiger partial charge on any atom is 0.0669 e. The van der Waals surface area contributed by atoms with Crippen LogP contribution in [0, 0.1) is 0 Å². The molecule has 0 radical (unpaired) electrons. The van der Waals surface area contributed by atoms with Crippen LogP contribution in [0.15, 0.2) is 23.1 Å². The molecule has 1 aromatic rings. The Hall–Kier alpha value is -0.220. The van der Waals surface area contributed by atoms with Gasteiger partial charge in [-0.15, -0.1) is 11.8 Å². The number of hydrogen-bond acceptors (Lipinski definition) is 3. The number of thioether (sulfide) groups is 1. The fourth-order valence-electron chi connectivity index (χ4n) is 2.10. The summed E-state index contributed by atoms with van der Waals surface area (Å²) in [5.74, 6) is 1.04. The highest BCUT2D eigenvalue weighted by atomic mass is 35.5. The number of nitrogens with one attached hydrogen (secondary N) is 1. The predicted molar refractivity (Wildman–Crippen MR) is 83.1 cm³/mol. The van der Waals surface area contributed by atoms with E-state index in [4.69, 9.17) is 16.3 Å². The van der Waals surface area contributed by atoms with E-state index in [9.17, 15) is 0 Å². The quantitative estimate of drug-likeness (QED) is 0.799. The van der Waals surface area contributed by atoms with Crippen molar-refractivity contribution >= 4 is 23.4 Å². The molecule has 0 bridgehead atoms. The second-order valence-corrected chi connectivity index (χ2v) is 6.73. The third-order valence-electron chi connectivity index (χ3n) is 3.17. The molecule has 2 nitrogen and oxygen atoms in total. The predicted octanol–water partition coefficient (Wildman–Crippen LogP) is 4.11. The Labute approximate surface area is 125 Å². The number of rotatable bonds is 6. The molecule has 19 heavy (non-hydrogen) atoms. The van der Waals surface area contributed by atoms with Crippen LogP contribution in [0.1, 0.15) is 32.3 Å². The fraction of sp³-hybridized carbons (Fsp3) is 0.600. The van der Waals surface area contributed by atoms with Crippen LogP contribution in [0.5, 0.6) is 0 Å². The van der Waals surface area contributed by atoms with Crippen molar-refractivity contribution < 1.29 is 4.74 Å². The van der Waals surface area contributed by atoms with E-state index in [1.54, 1.807) is 0 Å². The molecule has 1 aliphatic rings. The van der Waals surface area contributed by atoms with Crippen LogP contribution >= 0.6 is 23.4 Å². The van der Waals surface area contributed by atoms with E-state index >= 15 is 0 Å². The van der Waals surface area contributed by atoms with Gasteiger partial charge in [0.1, 0.15) is 0 Å². The molecule has 106 valence electrons. The van der Waals surface area contributed by atoms with Gasteiger partial charge in [0, 0.05) is 34.9 Å². The van der Waals surface area contributed by atoms with E-state index in [-0.39, 0.29) is 0 Å². The zero-order valence-corrected chi connectivity index (χ0v) is 13.2. The first-order chi connectivity index (χ1) is 9.15. The molecule has 1 N–H and O–H groups in total. The Bertz CT molecular complexity index is 405. The minimum absolute atomic E-state index is 0.423. The van der Waals surface area contributed by atoms with Crippen LogP contribution in [0.2, 0.25) is 5.02 Å². The average molecular weight is 300 g/mol. The molecule has 1 saturated heterocycles. The van der Waals surface area contributed by atoms with E-state index in [2.05, 4.69) is 31.3 Å². The second kappa shape index (κ2) is 7.53. The standard InChI is InChI=1S/C15H22ClNOS/c1-11(2)17-9-12-8-13(16)5-6-15(12)19-10-14-4-3-7-18-14/h5-6,8,11,14,17H,3-4,7,9-10H2,1-2H3. The van der Waals surface area contributed by atoms with E-state index in [1.807, 2.05) is 17.8 Å². The minimum atomic E-state index is 0.423. The van der Waals surface area contributed by atoms with E-state index < -0.39 is 0 Å². The summed E-state index contributed by atoms with van der Waals surface area (Å²) in [5, 5.41) is 4.26. The van der Waals surface area contributed by atoms with E-state index in [0.29, 0.717) is 12.1 Å². The summed E-state index contributed by atoms with van der Waals surface area (Å²) in [6, 6.07) is 6.64. The third-order valence-corrected chi connectivity index (χ3v) is 4.65.